The van der Waals surface area contributed by atoms with Crippen LogP contribution in [0.1, 0.15) is 91.8 Å². The first kappa shape index (κ1) is 53.1. The first-order chi connectivity index (χ1) is 35.3. The third kappa shape index (κ3) is 12.2. The van der Waals surface area contributed by atoms with Gasteiger partial charge >= 0.3 is 6.09 Å². The van der Waals surface area contributed by atoms with Gasteiger partial charge in [-0.3, -0.25) is 33.7 Å². The molecule has 5 aromatic rings. The number of carbonyl (C=O) groups excluding carboxylic acids is 7. The number of piperazine rings is 1. The fraction of sp³-hybridized carbons (Fsp3) is 0.382. The molecule has 8 rings (SSSR count). The standard InChI is InChI=1S/C55H62BrN9O9/c1-34(60-61-52(71)54(2,3)21-28-73-55(4,5)20-22-57-46(66)19-23-64-47(67)17-18-48(64)68)35-11-13-36(14-12-35)50(69)58-39-15-16-42-37(29-39)30-43(59-42)51(70)65-33-38(32-56)49-41-10-8-7-9-40(41)45(31-44(49)65)74-53(72)63-26-24-62(6)25-27-63/h7-18,29-31,38,59H,19-28,32-33H2,1-6H3,(H,57,66)(H,58,69)(H,61,71)/b60-34+/t38-/m1/s1. The molecule has 4 heterocycles. The number of likely N-dealkylation sites (N-methyl/N-ethyl adjacent to an activating group) is 1. The van der Waals surface area contributed by atoms with Gasteiger partial charge in [0.15, 0.2) is 0 Å². The zero-order chi connectivity index (χ0) is 52.9. The van der Waals surface area contributed by atoms with Crippen LogP contribution < -0.4 is 25.7 Å². The predicted octanol–water partition coefficient (Wildman–Crippen LogP) is 7.33. The van der Waals surface area contributed by atoms with Crippen LogP contribution >= 0.6 is 15.9 Å². The molecule has 0 aliphatic carbocycles. The van der Waals surface area contributed by atoms with Gasteiger partial charge in [0.2, 0.25) is 11.8 Å². The summed E-state index contributed by atoms with van der Waals surface area (Å²) in [4.78, 5) is 100. The van der Waals surface area contributed by atoms with Crippen LogP contribution in [0.2, 0.25) is 0 Å². The van der Waals surface area contributed by atoms with Crippen molar-refractivity contribution < 1.29 is 43.0 Å². The van der Waals surface area contributed by atoms with E-state index in [1.54, 1.807) is 67.0 Å². The predicted molar refractivity (Wildman–Crippen MR) is 287 cm³/mol. The van der Waals surface area contributed by atoms with Gasteiger partial charge in [0.1, 0.15) is 11.4 Å². The lowest BCUT2D eigenvalue weighted by atomic mass is 9.89. The number of aromatic amines is 1. The molecule has 3 aliphatic heterocycles. The fourth-order valence-corrected chi connectivity index (χ4v) is 9.60. The molecule has 1 atom stereocenters. The van der Waals surface area contributed by atoms with Gasteiger partial charge in [-0.1, -0.05) is 66.2 Å². The van der Waals surface area contributed by atoms with Crippen LogP contribution in [0.5, 0.6) is 5.75 Å². The summed E-state index contributed by atoms with van der Waals surface area (Å²) in [7, 11) is 2.03. The molecule has 0 bridgehead atoms. The average Bonchev–Trinajstić information content (AvgIpc) is 4.08. The summed E-state index contributed by atoms with van der Waals surface area (Å²) in [5.41, 5.74) is 6.23. The molecule has 4 N–H and O–H groups in total. The van der Waals surface area contributed by atoms with E-state index in [4.69, 9.17) is 9.47 Å². The summed E-state index contributed by atoms with van der Waals surface area (Å²) in [6.07, 6.45) is 2.87. The number of hydrazone groups is 1. The molecule has 4 aromatic carbocycles. The molecule has 3 aliphatic rings. The van der Waals surface area contributed by atoms with E-state index in [0.717, 1.165) is 45.2 Å². The monoisotopic (exact) mass is 1070 g/mol. The normalized spacial score (nSPS) is 16.3. The van der Waals surface area contributed by atoms with Crippen LogP contribution in [0.3, 0.4) is 0 Å². The van der Waals surface area contributed by atoms with Crippen LogP contribution in [-0.2, 0) is 23.9 Å². The highest BCUT2D eigenvalue weighted by atomic mass is 79.9. The van der Waals surface area contributed by atoms with Crippen molar-refractivity contribution in [1.29, 1.82) is 0 Å². The number of benzene rings is 4. The Bertz CT molecular complexity index is 3050. The highest BCUT2D eigenvalue weighted by Gasteiger charge is 2.36. The van der Waals surface area contributed by atoms with Crippen molar-refractivity contribution in [2.45, 2.75) is 65.4 Å². The summed E-state index contributed by atoms with van der Waals surface area (Å²) >= 11 is 3.69. The number of alkyl halides is 1. The van der Waals surface area contributed by atoms with Gasteiger partial charge in [-0.2, -0.15) is 5.10 Å². The van der Waals surface area contributed by atoms with Crippen molar-refractivity contribution in [3.05, 3.63) is 113 Å². The number of imide groups is 1. The molecule has 18 nitrogen and oxygen atoms in total. The minimum absolute atomic E-state index is 0.00291. The van der Waals surface area contributed by atoms with E-state index in [2.05, 4.69) is 47.0 Å². The Hall–Kier alpha value is -7.22. The minimum atomic E-state index is -0.823. The largest absolute Gasteiger partial charge is 0.415 e. The second-order valence-electron chi connectivity index (χ2n) is 20.2. The number of nitrogens with zero attached hydrogens (tertiary/aromatic N) is 5. The Kier molecular flexibility index (Phi) is 16.1. The Balaban J connectivity index is 0.832. The van der Waals surface area contributed by atoms with Crippen LogP contribution in [-0.4, -0.2) is 137 Å². The highest BCUT2D eigenvalue weighted by molar-refractivity contribution is 9.09. The van der Waals surface area contributed by atoms with Crippen molar-refractivity contribution in [2.24, 2.45) is 10.5 Å². The number of anilines is 2. The molecule has 1 aromatic heterocycles. The lowest BCUT2D eigenvalue weighted by Crippen LogP contribution is -2.48. The van der Waals surface area contributed by atoms with E-state index < -0.39 is 28.9 Å². The van der Waals surface area contributed by atoms with Gasteiger partial charge in [-0.05, 0) is 93.6 Å². The van der Waals surface area contributed by atoms with E-state index in [1.807, 2.05) is 63.4 Å². The van der Waals surface area contributed by atoms with Crippen molar-refractivity contribution in [2.75, 3.05) is 75.0 Å². The van der Waals surface area contributed by atoms with Crippen molar-refractivity contribution in [3.8, 4) is 5.75 Å². The van der Waals surface area contributed by atoms with Crippen LogP contribution in [0.25, 0.3) is 21.7 Å². The summed E-state index contributed by atoms with van der Waals surface area (Å²) in [6, 6.07) is 23.7. The average molecular weight is 1070 g/mol. The zero-order valence-electron chi connectivity index (χ0n) is 42.5. The van der Waals surface area contributed by atoms with Crippen LogP contribution in [0, 0.1) is 5.41 Å². The third-order valence-electron chi connectivity index (χ3n) is 13.9. The topological polar surface area (TPSA) is 215 Å². The van der Waals surface area contributed by atoms with Crippen LogP contribution in [0.15, 0.2) is 96.1 Å². The number of nitrogens with one attached hydrogen (secondary N) is 4. The minimum Gasteiger partial charge on any atom is -0.409 e. The summed E-state index contributed by atoms with van der Waals surface area (Å²) in [5.74, 6) is -1.59. The smallest absolute Gasteiger partial charge is 0.409 e. The molecule has 7 amide bonds. The molecule has 0 spiro atoms. The Labute approximate surface area is 438 Å². The number of hydrogen-bond acceptors (Lipinski definition) is 11. The third-order valence-corrected chi connectivity index (χ3v) is 14.6. The lowest BCUT2D eigenvalue weighted by molar-refractivity contribution is -0.137. The number of hydrogen-bond donors (Lipinski definition) is 4. The zero-order valence-corrected chi connectivity index (χ0v) is 44.1. The molecule has 0 radical (unpaired) electrons. The van der Waals surface area contributed by atoms with E-state index in [9.17, 15) is 33.6 Å². The Morgan fingerprint density at radius 1 is 0.851 bits per heavy atom. The number of amides is 7. The first-order valence-corrected chi connectivity index (χ1v) is 25.8. The van der Waals surface area contributed by atoms with Gasteiger partial charge < -0.3 is 39.8 Å². The number of fused-ring (bicyclic) bond motifs is 4. The van der Waals surface area contributed by atoms with Crippen molar-refractivity contribution >= 4 is 96.2 Å². The maximum atomic E-state index is 14.4. The molecule has 1 fully saturated rings. The second kappa shape index (κ2) is 22.5. The maximum Gasteiger partial charge on any atom is 0.415 e. The maximum absolute atomic E-state index is 14.4. The summed E-state index contributed by atoms with van der Waals surface area (Å²) < 4.78 is 12.2. The quantitative estimate of drug-likeness (QED) is 0.0297. The molecule has 19 heteroatoms. The van der Waals surface area contributed by atoms with Crippen molar-refractivity contribution in [3.63, 3.8) is 0 Å². The van der Waals surface area contributed by atoms with Gasteiger partial charge in [-0.25, -0.2) is 10.2 Å². The number of rotatable bonds is 18. The highest BCUT2D eigenvalue weighted by Crippen LogP contribution is 2.46. The molecule has 1 saturated heterocycles. The van der Waals surface area contributed by atoms with E-state index in [0.29, 0.717) is 84.0 Å². The number of aromatic nitrogens is 1. The molecular weight excluding hydrogens is 1010 g/mol. The van der Waals surface area contributed by atoms with E-state index in [-0.39, 0.29) is 49.1 Å². The summed E-state index contributed by atoms with van der Waals surface area (Å²) in [5, 5.41) is 13.2. The second-order valence-corrected chi connectivity index (χ2v) is 20.8. The number of halogens is 1. The SMILES string of the molecule is C/C(=N\NC(=O)C(C)(C)CCOC(C)(C)CCNC(=O)CCN1C(=O)C=CC1=O)c1ccc(C(=O)Nc2ccc3[nH]c(C(=O)N4C[C@@H](CBr)c5c4cc(OC(=O)N4CCN(C)CC4)c4ccccc54)cc3c2)cc1. The van der Waals surface area contributed by atoms with Gasteiger partial charge in [-0.15, -0.1) is 0 Å². The Morgan fingerprint density at radius 2 is 1.54 bits per heavy atom. The summed E-state index contributed by atoms with van der Waals surface area (Å²) in [6.45, 7) is 12.9. The van der Waals surface area contributed by atoms with E-state index in [1.165, 1.54) is 12.2 Å². The van der Waals surface area contributed by atoms with Crippen LogP contribution in [0.4, 0.5) is 16.2 Å². The van der Waals surface area contributed by atoms with Gasteiger partial charge in [0.05, 0.1) is 17.0 Å². The molecule has 388 valence electrons. The molecule has 74 heavy (non-hydrogen) atoms. The first-order valence-electron chi connectivity index (χ1n) is 24.7. The number of ether oxygens (including phenoxy) is 2. The molecule has 0 saturated carbocycles. The van der Waals surface area contributed by atoms with Gasteiger partial charge in [0.25, 0.3) is 23.6 Å². The van der Waals surface area contributed by atoms with E-state index >= 15 is 0 Å². The number of H-pyrrole nitrogens is 1. The van der Waals surface area contributed by atoms with Gasteiger partial charge in [0, 0.05) is 121 Å². The molecular formula is C55H62BrN9O9. The number of carbonyl (C=O) groups is 7. The fourth-order valence-electron chi connectivity index (χ4n) is 9.08. The van der Waals surface area contributed by atoms with Crippen molar-refractivity contribution in [1.82, 2.24) is 30.4 Å². The lowest BCUT2D eigenvalue weighted by Gasteiger charge is -2.31. The Morgan fingerprint density at radius 3 is 2.24 bits per heavy atom. The molecule has 0 unspecified atom stereocenters.